The van der Waals surface area contributed by atoms with Crippen LogP contribution in [0.5, 0.6) is 0 Å². The van der Waals surface area contributed by atoms with Crippen LogP contribution in [0.2, 0.25) is 5.15 Å². The first-order valence-electron chi connectivity index (χ1n) is 8.25. The predicted octanol–water partition coefficient (Wildman–Crippen LogP) is 2.73. The van der Waals surface area contributed by atoms with Gasteiger partial charge in [0.15, 0.2) is 16.6 Å². The molecule has 0 saturated carbocycles. The quantitative estimate of drug-likeness (QED) is 0.256. The van der Waals surface area contributed by atoms with E-state index in [-0.39, 0.29) is 23.1 Å². The highest BCUT2D eigenvalue weighted by molar-refractivity contribution is 7.92. The monoisotopic (exact) mass is 469 g/mol. The number of halogens is 5. The van der Waals surface area contributed by atoms with Crippen molar-refractivity contribution in [1.82, 2.24) is 14.8 Å². The van der Waals surface area contributed by atoms with E-state index in [9.17, 15) is 26.9 Å². The van der Waals surface area contributed by atoms with Gasteiger partial charge in [0.25, 0.3) is 5.91 Å². The summed E-state index contributed by atoms with van der Waals surface area (Å²) in [6.07, 6.45) is -1.05. The molecule has 0 radical (unpaired) electrons. The van der Waals surface area contributed by atoms with E-state index in [1.807, 2.05) is 0 Å². The van der Waals surface area contributed by atoms with Crippen molar-refractivity contribution in [3.8, 4) is 5.69 Å². The number of pyridine rings is 1. The van der Waals surface area contributed by atoms with Gasteiger partial charge in [-0.1, -0.05) is 16.8 Å². The van der Waals surface area contributed by atoms with Crippen molar-refractivity contribution < 1.29 is 31.7 Å². The highest BCUT2D eigenvalue weighted by Crippen LogP contribution is 2.27. The third-order valence-electron chi connectivity index (χ3n) is 3.53. The summed E-state index contributed by atoms with van der Waals surface area (Å²) >= 11 is 3.67. The molecule has 2 heterocycles. The molecule has 0 aliphatic rings. The SMILES string of the molecule is CCN(C(=O)C(C[S+]([O-])CC(F)(F)F)=NOC)c1cn(-c2cncc(F)c2)nc1Cl. The van der Waals surface area contributed by atoms with Crippen molar-refractivity contribution in [2.45, 2.75) is 13.1 Å². The van der Waals surface area contributed by atoms with E-state index in [2.05, 4.69) is 20.1 Å². The molecule has 0 aliphatic carbocycles. The lowest BCUT2D eigenvalue weighted by atomic mass is 10.3. The summed E-state index contributed by atoms with van der Waals surface area (Å²) < 4.78 is 63.7. The molecule has 1 unspecified atom stereocenters. The molecule has 0 spiro atoms. The van der Waals surface area contributed by atoms with Gasteiger partial charge in [-0.25, -0.2) is 9.07 Å². The summed E-state index contributed by atoms with van der Waals surface area (Å²) in [6, 6.07) is 1.14. The standard InChI is InChI=1S/C16H16ClF4N5O3S/c1-3-25(15(27)12(24-29-2)8-30(28)9-16(19,20)21)13-7-26(23-14(13)17)11-4-10(18)5-22-6-11/h4-7H,3,8-9H2,1-2H3. The highest BCUT2D eigenvalue weighted by atomic mass is 35.5. The third kappa shape index (κ3) is 6.31. The number of oxime groups is 1. The van der Waals surface area contributed by atoms with Gasteiger partial charge < -0.3 is 14.3 Å². The number of rotatable bonds is 8. The van der Waals surface area contributed by atoms with E-state index in [0.717, 1.165) is 24.3 Å². The summed E-state index contributed by atoms with van der Waals surface area (Å²) in [5, 5.41) is 7.28. The van der Waals surface area contributed by atoms with E-state index < -0.39 is 46.3 Å². The predicted molar refractivity (Wildman–Crippen MR) is 103 cm³/mol. The maximum absolute atomic E-state index is 13.4. The smallest absolute Gasteiger partial charge is 0.433 e. The lowest BCUT2D eigenvalue weighted by Gasteiger charge is -2.21. The Labute approximate surface area is 176 Å². The number of alkyl halides is 3. The molecule has 164 valence electrons. The van der Waals surface area contributed by atoms with Gasteiger partial charge in [0, 0.05) is 12.6 Å². The second kappa shape index (κ2) is 10.1. The highest BCUT2D eigenvalue weighted by Gasteiger charge is 2.37. The Morgan fingerprint density at radius 2 is 2.13 bits per heavy atom. The van der Waals surface area contributed by atoms with E-state index in [4.69, 9.17) is 11.6 Å². The zero-order chi connectivity index (χ0) is 22.5. The number of carbonyl (C=O) groups is 1. The topological polar surface area (TPSA) is 95.7 Å². The molecule has 1 amide bonds. The Kier molecular flexibility index (Phi) is 8.03. The van der Waals surface area contributed by atoms with Crippen LogP contribution < -0.4 is 4.90 Å². The molecule has 0 saturated heterocycles. The van der Waals surface area contributed by atoms with Crippen LogP contribution in [-0.2, 0) is 20.8 Å². The van der Waals surface area contributed by atoms with Crippen LogP contribution >= 0.6 is 11.6 Å². The Balaban J connectivity index is 2.31. The molecule has 0 aromatic carbocycles. The van der Waals surface area contributed by atoms with Crippen molar-refractivity contribution in [3.63, 3.8) is 0 Å². The average Bonchev–Trinajstić information content (AvgIpc) is 3.02. The lowest BCUT2D eigenvalue weighted by molar-refractivity contribution is -0.113. The van der Waals surface area contributed by atoms with E-state index in [1.165, 1.54) is 17.1 Å². The fraction of sp³-hybridized carbons (Fsp3) is 0.375. The molecule has 2 aromatic rings. The molecular formula is C16H16ClF4N5O3S. The zero-order valence-electron chi connectivity index (χ0n) is 15.7. The molecule has 2 rings (SSSR count). The maximum atomic E-state index is 13.4. The molecule has 0 fully saturated rings. The van der Waals surface area contributed by atoms with E-state index in [1.54, 1.807) is 6.92 Å². The Hall–Kier alpha value is -2.38. The van der Waals surface area contributed by atoms with Crippen LogP contribution in [0.3, 0.4) is 0 Å². The number of hydrogen-bond acceptors (Lipinski definition) is 6. The molecule has 0 aliphatic heterocycles. The van der Waals surface area contributed by atoms with Gasteiger partial charge in [-0.15, -0.1) is 0 Å². The second-order valence-corrected chi connectivity index (χ2v) is 7.54. The van der Waals surface area contributed by atoms with Crippen molar-refractivity contribution in [3.05, 3.63) is 35.6 Å². The number of amides is 1. The number of nitrogens with zero attached hydrogens (tertiary/aromatic N) is 5. The van der Waals surface area contributed by atoms with Crippen molar-refractivity contribution in [1.29, 1.82) is 0 Å². The van der Waals surface area contributed by atoms with Crippen LogP contribution in [0.4, 0.5) is 23.2 Å². The van der Waals surface area contributed by atoms with Crippen molar-refractivity contribution in [2.24, 2.45) is 5.16 Å². The zero-order valence-corrected chi connectivity index (χ0v) is 17.3. The number of hydrogen-bond donors (Lipinski definition) is 0. The summed E-state index contributed by atoms with van der Waals surface area (Å²) in [5.41, 5.74) is -0.180. The number of anilines is 1. The minimum atomic E-state index is -4.67. The maximum Gasteiger partial charge on any atom is 0.433 e. The van der Waals surface area contributed by atoms with Crippen LogP contribution in [0, 0.1) is 5.82 Å². The molecule has 14 heteroatoms. The van der Waals surface area contributed by atoms with Crippen LogP contribution in [0.25, 0.3) is 5.69 Å². The summed E-state index contributed by atoms with van der Waals surface area (Å²) in [6.45, 7) is 1.60. The van der Waals surface area contributed by atoms with Crippen molar-refractivity contribution >= 4 is 40.1 Å². The molecule has 0 N–H and O–H groups in total. The van der Waals surface area contributed by atoms with E-state index in [0.29, 0.717) is 0 Å². The molecular weight excluding hydrogens is 454 g/mol. The minimum absolute atomic E-state index is 0.0281. The van der Waals surface area contributed by atoms with Crippen molar-refractivity contribution in [2.75, 3.05) is 30.1 Å². The minimum Gasteiger partial charge on any atom is -0.616 e. The fourth-order valence-corrected chi connectivity index (χ4v) is 3.57. The third-order valence-corrected chi connectivity index (χ3v) is 5.04. The first-order valence-corrected chi connectivity index (χ1v) is 10.1. The van der Waals surface area contributed by atoms with Crippen LogP contribution in [0.15, 0.2) is 29.8 Å². The summed E-state index contributed by atoms with van der Waals surface area (Å²) in [7, 11) is 1.10. The fourth-order valence-electron chi connectivity index (χ4n) is 2.39. The first-order chi connectivity index (χ1) is 14.1. The number of carbonyl (C=O) groups excluding carboxylic acids is 1. The normalized spacial score (nSPS) is 13.3. The van der Waals surface area contributed by atoms with E-state index >= 15 is 0 Å². The number of aromatic nitrogens is 3. The van der Waals surface area contributed by atoms with Gasteiger partial charge in [-0.2, -0.15) is 18.3 Å². The molecule has 8 nitrogen and oxygen atoms in total. The second-order valence-electron chi connectivity index (χ2n) is 5.72. The summed E-state index contributed by atoms with van der Waals surface area (Å²) in [5.74, 6) is -3.86. The molecule has 2 aromatic heterocycles. The van der Waals surface area contributed by atoms with Gasteiger partial charge in [-0.05, 0) is 18.1 Å². The molecule has 1 atom stereocenters. The van der Waals surface area contributed by atoms with Gasteiger partial charge in [0.05, 0.1) is 24.3 Å². The van der Waals surface area contributed by atoms with Crippen LogP contribution in [0.1, 0.15) is 6.92 Å². The van der Waals surface area contributed by atoms with Gasteiger partial charge in [-0.3, -0.25) is 9.78 Å². The molecule has 30 heavy (non-hydrogen) atoms. The lowest BCUT2D eigenvalue weighted by Crippen LogP contribution is -2.41. The summed E-state index contributed by atoms with van der Waals surface area (Å²) in [4.78, 5) is 22.1. The van der Waals surface area contributed by atoms with Gasteiger partial charge >= 0.3 is 6.18 Å². The average molecular weight is 470 g/mol. The van der Waals surface area contributed by atoms with Gasteiger partial charge in [0.2, 0.25) is 5.75 Å². The Morgan fingerprint density at radius 1 is 1.43 bits per heavy atom. The Bertz CT molecular complexity index is 925. The molecule has 0 bridgehead atoms. The van der Waals surface area contributed by atoms with Crippen LogP contribution in [-0.4, -0.2) is 62.3 Å². The Morgan fingerprint density at radius 3 is 2.70 bits per heavy atom. The van der Waals surface area contributed by atoms with Gasteiger partial charge in [0.1, 0.15) is 18.6 Å². The largest absolute Gasteiger partial charge is 0.616 e. The first kappa shape index (κ1) is 23.9.